The van der Waals surface area contributed by atoms with Crippen molar-refractivity contribution in [2.24, 2.45) is 10.7 Å². The zero-order valence-electron chi connectivity index (χ0n) is 16.0. The number of halogens is 1. The summed E-state index contributed by atoms with van der Waals surface area (Å²) in [5.74, 6) is 0.646. The standard InChI is InChI=1S/C22H26N4O.HI/c23-22(25-20-8-3-6-17-5-1-2-7-19(17)20)24-15-16-10-12-18(13-11-16)26-14-4-9-21(26)27;/h3,6,8,10-13H,1-2,4-5,7,9,14-15H2,(H3,23,24,25);1H. The summed E-state index contributed by atoms with van der Waals surface area (Å²) >= 11 is 0. The number of benzene rings is 2. The van der Waals surface area contributed by atoms with E-state index in [1.54, 1.807) is 0 Å². The summed E-state index contributed by atoms with van der Waals surface area (Å²) in [6, 6.07) is 14.4. The minimum absolute atomic E-state index is 0. The lowest BCUT2D eigenvalue weighted by Gasteiger charge is -2.19. The van der Waals surface area contributed by atoms with Crippen molar-refractivity contribution < 1.29 is 4.79 Å². The van der Waals surface area contributed by atoms with Gasteiger partial charge in [-0.3, -0.25) is 4.79 Å². The quantitative estimate of drug-likeness (QED) is 0.383. The number of amides is 1. The van der Waals surface area contributed by atoms with Crippen molar-refractivity contribution in [3.8, 4) is 0 Å². The summed E-state index contributed by atoms with van der Waals surface area (Å²) in [5, 5.41) is 3.28. The first-order valence-electron chi connectivity index (χ1n) is 9.78. The van der Waals surface area contributed by atoms with E-state index in [9.17, 15) is 4.79 Å². The van der Waals surface area contributed by atoms with Crippen LogP contribution in [0.1, 0.15) is 42.4 Å². The number of anilines is 2. The summed E-state index contributed by atoms with van der Waals surface area (Å²) in [6.45, 7) is 1.33. The summed E-state index contributed by atoms with van der Waals surface area (Å²) < 4.78 is 0. The molecular weight excluding hydrogens is 463 g/mol. The van der Waals surface area contributed by atoms with Crippen molar-refractivity contribution in [3.05, 3.63) is 59.2 Å². The molecule has 1 aliphatic carbocycles. The van der Waals surface area contributed by atoms with Crippen LogP contribution in [0, 0.1) is 0 Å². The van der Waals surface area contributed by atoms with Gasteiger partial charge in [0, 0.05) is 24.3 Å². The highest BCUT2D eigenvalue weighted by Gasteiger charge is 2.21. The van der Waals surface area contributed by atoms with Crippen LogP contribution >= 0.6 is 24.0 Å². The zero-order valence-corrected chi connectivity index (χ0v) is 18.3. The van der Waals surface area contributed by atoms with Gasteiger partial charge in [0.2, 0.25) is 5.91 Å². The van der Waals surface area contributed by atoms with E-state index in [1.165, 1.54) is 24.0 Å². The van der Waals surface area contributed by atoms with E-state index in [-0.39, 0.29) is 29.9 Å². The van der Waals surface area contributed by atoms with E-state index in [0.29, 0.717) is 18.9 Å². The molecule has 0 saturated carbocycles. The van der Waals surface area contributed by atoms with Gasteiger partial charge >= 0.3 is 0 Å². The fourth-order valence-corrected chi connectivity index (χ4v) is 3.95. The monoisotopic (exact) mass is 490 g/mol. The zero-order chi connectivity index (χ0) is 18.6. The number of carbonyl (C=O) groups is 1. The van der Waals surface area contributed by atoms with Gasteiger partial charge in [0.15, 0.2) is 5.96 Å². The molecule has 1 heterocycles. The third-order valence-corrected chi connectivity index (χ3v) is 5.41. The topological polar surface area (TPSA) is 70.7 Å². The van der Waals surface area contributed by atoms with Crippen molar-refractivity contribution in [2.45, 2.75) is 45.1 Å². The van der Waals surface area contributed by atoms with E-state index in [1.807, 2.05) is 29.2 Å². The fraction of sp³-hybridized carbons (Fsp3) is 0.364. The summed E-state index contributed by atoms with van der Waals surface area (Å²) in [5.41, 5.74) is 12.0. The highest BCUT2D eigenvalue weighted by molar-refractivity contribution is 14.0. The number of aryl methyl sites for hydroxylation is 1. The van der Waals surface area contributed by atoms with Crippen LogP contribution in [0.15, 0.2) is 47.5 Å². The molecule has 1 aliphatic heterocycles. The Balaban J connectivity index is 0.00000225. The number of nitrogens with two attached hydrogens (primary N) is 1. The Morgan fingerprint density at radius 1 is 1.04 bits per heavy atom. The van der Waals surface area contributed by atoms with Crippen LogP contribution in [-0.4, -0.2) is 18.4 Å². The van der Waals surface area contributed by atoms with Gasteiger partial charge < -0.3 is 16.0 Å². The Kier molecular flexibility index (Phi) is 6.93. The molecule has 1 amide bonds. The molecule has 0 spiro atoms. The molecule has 4 rings (SSSR count). The minimum atomic E-state index is 0. The number of nitrogens with one attached hydrogen (secondary N) is 1. The molecule has 0 atom stereocenters. The van der Waals surface area contributed by atoms with Crippen LogP contribution in [0.3, 0.4) is 0 Å². The Bertz CT molecular complexity index is 863. The van der Waals surface area contributed by atoms with Crippen LogP contribution in [0.25, 0.3) is 0 Å². The minimum Gasteiger partial charge on any atom is -0.370 e. The first-order chi connectivity index (χ1) is 13.2. The van der Waals surface area contributed by atoms with E-state index in [4.69, 9.17) is 5.73 Å². The second-order valence-corrected chi connectivity index (χ2v) is 7.29. The van der Waals surface area contributed by atoms with E-state index in [2.05, 4.69) is 28.5 Å². The number of hydrogen-bond acceptors (Lipinski definition) is 2. The van der Waals surface area contributed by atoms with E-state index < -0.39 is 0 Å². The Morgan fingerprint density at radius 2 is 1.82 bits per heavy atom. The SMILES string of the molecule is I.NC(=NCc1ccc(N2CCCC2=O)cc1)Nc1cccc2c1CCCC2. The van der Waals surface area contributed by atoms with E-state index in [0.717, 1.165) is 42.7 Å². The number of nitrogens with zero attached hydrogens (tertiary/aromatic N) is 2. The number of carbonyl (C=O) groups excluding carboxylic acids is 1. The normalized spacial score (nSPS) is 16.5. The van der Waals surface area contributed by atoms with Gasteiger partial charge in [0.05, 0.1) is 6.54 Å². The van der Waals surface area contributed by atoms with Gasteiger partial charge in [-0.25, -0.2) is 4.99 Å². The molecule has 0 radical (unpaired) electrons. The van der Waals surface area contributed by atoms with Crippen LogP contribution in [0.4, 0.5) is 11.4 Å². The number of fused-ring (bicyclic) bond motifs is 1. The average molecular weight is 490 g/mol. The maximum Gasteiger partial charge on any atom is 0.227 e. The van der Waals surface area contributed by atoms with Crippen LogP contribution in [-0.2, 0) is 24.2 Å². The molecule has 2 aromatic carbocycles. The lowest BCUT2D eigenvalue weighted by molar-refractivity contribution is -0.117. The van der Waals surface area contributed by atoms with E-state index >= 15 is 0 Å². The third-order valence-electron chi connectivity index (χ3n) is 5.41. The molecule has 1 saturated heterocycles. The van der Waals surface area contributed by atoms with Gasteiger partial charge in [0.25, 0.3) is 0 Å². The Hall–Kier alpha value is -2.09. The Labute approximate surface area is 183 Å². The second kappa shape index (κ2) is 9.41. The van der Waals surface area contributed by atoms with Gasteiger partial charge in [-0.1, -0.05) is 24.3 Å². The highest BCUT2D eigenvalue weighted by atomic mass is 127. The molecule has 0 unspecified atom stereocenters. The van der Waals surface area contributed by atoms with Crippen LogP contribution in [0.2, 0.25) is 0 Å². The molecule has 2 aromatic rings. The molecule has 3 N–H and O–H groups in total. The first-order valence-corrected chi connectivity index (χ1v) is 9.78. The average Bonchev–Trinajstić information content (AvgIpc) is 3.13. The first kappa shape index (κ1) is 20.6. The molecule has 148 valence electrons. The summed E-state index contributed by atoms with van der Waals surface area (Å²) in [4.78, 5) is 18.2. The van der Waals surface area contributed by atoms with Gasteiger partial charge in [-0.15, -0.1) is 24.0 Å². The number of hydrogen-bond donors (Lipinski definition) is 2. The maximum absolute atomic E-state index is 11.8. The second-order valence-electron chi connectivity index (χ2n) is 7.29. The van der Waals surface area contributed by atoms with Crippen molar-refractivity contribution in [1.82, 2.24) is 0 Å². The lowest BCUT2D eigenvalue weighted by Crippen LogP contribution is -2.24. The van der Waals surface area contributed by atoms with Gasteiger partial charge in [-0.2, -0.15) is 0 Å². The number of guanidine groups is 1. The predicted molar refractivity (Wildman–Crippen MR) is 125 cm³/mol. The smallest absolute Gasteiger partial charge is 0.227 e. The molecule has 0 aromatic heterocycles. The van der Waals surface area contributed by atoms with Gasteiger partial charge in [0.1, 0.15) is 0 Å². The molecule has 28 heavy (non-hydrogen) atoms. The lowest BCUT2D eigenvalue weighted by atomic mass is 9.90. The number of aliphatic imine (C=N–C) groups is 1. The molecule has 6 heteroatoms. The van der Waals surface area contributed by atoms with Crippen molar-refractivity contribution in [3.63, 3.8) is 0 Å². The molecule has 2 aliphatic rings. The van der Waals surface area contributed by atoms with Gasteiger partial charge in [-0.05, 0) is 67.0 Å². The van der Waals surface area contributed by atoms with Crippen molar-refractivity contribution >= 4 is 47.2 Å². The number of rotatable bonds is 4. The molecule has 0 bridgehead atoms. The molecule has 5 nitrogen and oxygen atoms in total. The molecule has 1 fully saturated rings. The molecular formula is C22H27IN4O. The van der Waals surface area contributed by atoms with Crippen molar-refractivity contribution in [2.75, 3.05) is 16.8 Å². The summed E-state index contributed by atoms with van der Waals surface area (Å²) in [6.07, 6.45) is 6.33. The predicted octanol–water partition coefficient (Wildman–Crippen LogP) is 4.24. The fourth-order valence-electron chi connectivity index (χ4n) is 3.95. The van der Waals surface area contributed by atoms with Crippen molar-refractivity contribution in [1.29, 1.82) is 0 Å². The summed E-state index contributed by atoms with van der Waals surface area (Å²) in [7, 11) is 0. The van der Waals surface area contributed by atoms with Crippen LogP contribution in [0.5, 0.6) is 0 Å². The largest absolute Gasteiger partial charge is 0.370 e. The van der Waals surface area contributed by atoms with Crippen LogP contribution < -0.4 is 16.0 Å². The highest BCUT2D eigenvalue weighted by Crippen LogP contribution is 2.27. The Morgan fingerprint density at radius 3 is 2.57 bits per heavy atom. The maximum atomic E-state index is 11.8. The third kappa shape index (κ3) is 4.66.